The monoisotopic (exact) mass is 255 g/mol. The van der Waals surface area contributed by atoms with E-state index in [4.69, 9.17) is 4.43 Å². The minimum absolute atomic E-state index is 0.0255. The van der Waals surface area contributed by atoms with Gasteiger partial charge in [-0.15, -0.1) is 12.6 Å². The maximum Gasteiger partial charge on any atom is 0.274 e. The third-order valence-electron chi connectivity index (χ3n) is 2.23. The molecular formula is C12H19O2SSi. The first-order chi connectivity index (χ1) is 7.21. The minimum atomic E-state index is -0.881. The fourth-order valence-corrected chi connectivity index (χ4v) is 2.17. The molecule has 0 heterocycles. The summed E-state index contributed by atoms with van der Waals surface area (Å²) in [5, 5.41) is 9.85. The molecule has 1 aromatic carbocycles. The van der Waals surface area contributed by atoms with Crippen LogP contribution in [-0.4, -0.2) is 14.1 Å². The SMILES string of the molecule is C[Si](C)Oc1cc(C(C)(C)C)cc(S)c1O. The summed E-state index contributed by atoms with van der Waals surface area (Å²) in [6.07, 6.45) is 0. The van der Waals surface area contributed by atoms with Gasteiger partial charge in [0.05, 0.1) is 4.90 Å². The number of benzene rings is 1. The van der Waals surface area contributed by atoms with Crippen LogP contribution in [-0.2, 0) is 5.41 Å². The van der Waals surface area contributed by atoms with Gasteiger partial charge in [-0.25, -0.2) is 0 Å². The van der Waals surface area contributed by atoms with E-state index in [2.05, 4.69) is 33.4 Å². The fraction of sp³-hybridized carbons (Fsp3) is 0.500. The molecule has 1 rings (SSSR count). The van der Waals surface area contributed by atoms with Gasteiger partial charge in [0.1, 0.15) is 5.75 Å². The van der Waals surface area contributed by atoms with Gasteiger partial charge in [0.15, 0.2) is 5.75 Å². The summed E-state index contributed by atoms with van der Waals surface area (Å²) in [6, 6.07) is 3.80. The van der Waals surface area contributed by atoms with E-state index in [1.807, 2.05) is 25.2 Å². The minimum Gasteiger partial charge on any atom is -0.540 e. The Balaban J connectivity index is 3.22. The summed E-state index contributed by atoms with van der Waals surface area (Å²) in [7, 11) is -0.881. The van der Waals surface area contributed by atoms with Crippen LogP contribution in [0.3, 0.4) is 0 Å². The van der Waals surface area contributed by atoms with Gasteiger partial charge in [0, 0.05) is 0 Å². The average Bonchev–Trinajstić information content (AvgIpc) is 2.10. The quantitative estimate of drug-likeness (QED) is 0.624. The molecule has 4 heteroatoms. The van der Waals surface area contributed by atoms with E-state index in [0.29, 0.717) is 10.6 Å². The van der Waals surface area contributed by atoms with Gasteiger partial charge < -0.3 is 9.53 Å². The summed E-state index contributed by atoms with van der Waals surface area (Å²) in [5.41, 5.74) is 1.14. The lowest BCUT2D eigenvalue weighted by atomic mass is 9.87. The van der Waals surface area contributed by atoms with Crippen LogP contribution >= 0.6 is 12.6 Å². The lowest BCUT2D eigenvalue weighted by Gasteiger charge is -2.22. The van der Waals surface area contributed by atoms with Crippen LogP contribution in [0.25, 0.3) is 0 Å². The van der Waals surface area contributed by atoms with Gasteiger partial charge in [-0.1, -0.05) is 20.8 Å². The lowest BCUT2D eigenvalue weighted by Crippen LogP contribution is -2.14. The Labute approximate surface area is 105 Å². The molecule has 1 radical (unpaired) electrons. The molecule has 16 heavy (non-hydrogen) atoms. The first-order valence-corrected chi connectivity index (χ1v) is 8.12. The molecule has 0 bridgehead atoms. The molecule has 2 nitrogen and oxygen atoms in total. The Kier molecular flexibility index (Phi) is 3.96. The van der Waals surface area contributed by atoms with Gasteiger partial charge >= 0.3 is 0 Å². The number of phenols is 1. The molecule has 1 aromatic rings. The highest BCUT2D eigenvalue weighted by atomic mass is 32.1. The van der Waals surface area contributed by atoms with Gasteiger partial charge in [0.25, 0.3) is 9.04 Å². The zero-order valence-corrected chi connectivity index (χ0v) is 12.4. The second-order valence-corrected chi connectivity index (χ2v) is 7.60. The van der Waals surface area contributed by atoms with E-state index in [1.54, 1.807) is 0 Å². The van der Waals surface area contributed by atoms with Crippen LogP contribution in [0.2, 0.25) is 13.1 Å². The molecule has 0 unspecified atom stereocenters. The summed E-state index contributed by atoms with van der Waals surface area (Å²) in [4.78, 5) is 0.575. The number of hydrogen-bond acceptors (Lipinski definition) is 3. The molecular weight excluding hydrogens is 236 g/mol. The van der Waals surface area contributed by atoms with Crippen molar-refractivity contribution in [2.75, 3.05) is 0 Å². The molecule has 0 aromatic heterocycles. The first-order valence-electron chi connectivity index (χ1n) is 5.26. The molecule has 0 amide bonds. The van der Waals surface area contributed by atoms with Crippen molar-refractivity contribution in [3.63, 3.8) is 0 Å². The van der Waals surface area contributed by atoms with Crippen molar-refractivity contribution in [3.8, 4) is 11.5 Å². The van der Waals surface area contributed by atoms with Gasteiger partial charge in [-0.3, -0.25) is 0 Å². The van der Waals surface area contributed by atoms with Crippen molar-refractivity contribution < 1.29 is 9.53 Å². The van der Waals surface area contributed by atoms with E-state index < -0.39 is 9.04 Å². The van der Waals surface area contributed by atoms with Crippen LogP contribution in [0.1, 0.15) is 26.3 Å². The Morgan fingerprint density at radius 1 is 1.25 bits per heavy atom. The number of thiol groups is 1. The second-order valence-electron chi connectivity index (χ2n) is 5.10. The van der Waals surface area contributed by atoms with Crippen LogP contribution in [0, 0.1) is 0 Å². The smallest absolute Gasteiger partial charge is 0.274 e. The molecule has 0 saturated heterocycles. The van der Waals surface area contributed by atoms with Gasteiger partial charge in [-0.2, -0.15) is 0 Å². The van der Waals surface area contributed by atoms with E-state index in [-0.39, 0.29) is 11.2 Å². The topological polar surface area (TPSA) is 29.5 Å². The summed E-state index contributed by atoms with van der Waals surface area (Å²) < 4.78 is 5.66. The molecule has 0 atom stereocenters. The maximum absolute atomic E-state index is 9.85. The van der Waals surface area contributed by atoms with Crippen LogP contribution in [0.5, 0.6) is 11.5 Å². The first kappa shape index (κ1) is 13.5. The molecule has 0 fully saturated rings. The molecule has 0 aliphatic rings. The van der Waals surface area contributed by atoms with Crippen molar-refractivity contribution in [1.82, 2.24) is 0 Å². The van der Waals surface area contributed by atoms with E-state index in [1.165, 1.54) is 0 Å². The Hall–Kier alpha value is -0.613. The fourth-order valence-electron chi connectivity index (χ4n) is 1.32. The van der Waals surface area contributed by atoms with Gasteiger partial charge in [0.2, 0.25) is 0 Å². The molecule has 0 aliphatic carbocycles. The summed E-state index contributed by atoms with van der Waals surface area (Å²) in [5.74, 6) is 0.693. The third kappa shape index (κ3) is 3.19. The molecule has 0 saturated carbocycles. The van der Waals surface area contributed by atoms with E-state index in [9.17, 15) is 5.11 Å². The number of aromatic hydroxyl groups is 1. The Bertz CT molecular complexity index is 383. The molecule has 0 aliphatic heterocycles. The highest BCUT2D eigenvalue weighted by Crippen LogP contribution is 2.38. The average molecular weight is 255 g/mol. The zero-order chi connectivity index (χ0) is 12.5. The van der Waals surface area contributed by atoms with Crippen molar-refractivity contribution in [2.45, 2.75) is 44.2 Å². The van der Waals surface area contributed by atoms with Crippen molar-refractivity contribution >= 4 is 21.7 Å². The van der Waals surface area contributed by atoms with E-state index in [0.717, 1.165) is 5.56 Å². The van der Waals surface area contributed by atoms with Crippen LogP contribution < -0.4 is 4.43 Å². The number of hydrogen-bond donors (Lipinski definition) is 2. The predicted octanol–water partition coefficient (Wildman–Crippen LogP) is 3.61. The van der Waals surface area contributed by atoms with Crippen molar-refractivity contribution in [2.24, 2.45) is 0 Å². The summed E-state index contributed by atoms with van der Waals surface area (Å²) in [6.45, 7) is 10.4. The van der Waals surface area contributed by atoms with Crippen molar-refractivity contribution in [3.05, 3.63) is 17.7 Å². The summed E-state index contributed by atoms with van der Waals surface area (Å²) >= 11 is 4.27. The van der Waals surface area contributed by atoms with Crippen LogP contribution in [0.15, 0.2) is 17.0 Å². The molecule has 0 spiro atoms. The lowest BCUT2D eigenvalue weighted by molar-refractivity contribution is 0.426. The largest absolute Gasteiger partial charge is 0.540 e. The highest BCUT2D eigenvalue weighted by molar-refractivity contribution is 7.80. The van der Waals surface area contributed by atoms with E-state index >= 15 is 0 Å². The third-order valence-corrected chi connectivity index (χ3v) is 3.20. The number of rotatable bonds is 2. The molecule has 89 valence electrons. The normalized spacial score (nSPS) is 11.9. The zero-order valence-electron chi connectivity index (χ0n) is 10.5. The van der Waals surface area contributed by atoms with Crippen molar-refractivity contribution in [1.29, 1.82) is 0 Å². The van der Waals surface area contributed by atoms with Gasteiger partial charge in [-0.05, 0) is 36.2 Å². The Morgan fingerprint density at radius 2 is 1.81 bits per heavy atom. The predicted molar refractivity (Wildman–Crippen MR) is 72.2 cm³/mol. The second kappa shape index (κ2) is 4.71. The standard InChI is InChI=1S/C12H19O2SSi/c1-12(2,3)8-6-9(14-16(4)5)11(13)10(15)7-8/h6-7,13,15H,1-5H3. The number of phenolic OH excluding ortho intramolecular Hbond substituents is 1. The molecule has 1 N–H and O–H groups in total. The Morgan fingerprint density at radius 3 is 2.25 bits per heavy atom. The van der Waals surface area contributed by atoms with Crippen LogP contribution in [0.4, 0.5) is 0 Å². The maximum atomic E-state index is 9.85. The highest BCUT2D eigenvalue weighted by Gasteiger charge is 2.18.